The summed E-state index contributed by atoms with van der Waals surface area (Å²) in [6, 6.07) is 10.7. The second-order valence-electron chi connectivity index (χ2n) is 8.63. The van der Waals surface area contributed by atoms with Crippen molar-refractivity contribution in [3.8, 4) is 0 Å². The van der Waals surface area contributed by atoms with Crippen LogP contribution < -0.4 is 0 Å². The number of halogens is 1. The van der Waals surface area contributed by atoms with Gasteiger partial charge in [0.2, 0.25) is 0 Å². The van der Waals surface area contributed by atoms with Gasteiger partial charge < -0.3 is 0 Å². The maximum absolute atomic E-state index is 14.4. The molecule has 1 heterocycles. The molecule has 4 atom stereocenters. The number of nitrogens with zero attached hydrogens (tertiary/aromatic N) is 3. The number of imide groups is 1. The summed E-state index contributed by atoms with van der Waals surface area (Å²) >= 11 is 0. The van der Waals surface area contributed by atoms with Crippen LogP contribution in [0.5, 0.6) is 0 Å². The Morgan fingerprint density at radius 1 is 1.03 bits per heavy atom. The van der Waals surface area contributed by atoms with E-state index in [4.69, 9.17) is 0 Å². The lowest BCUT2D eigenvalue weighted by Crippen LogP contribution is -2.50. The van der Waals surface area contributed by atoms with Crippen LogP contribution in [0.15, 0.2) is 48.5 Å². The van der Waals surface area contributed by atoms with Gasteiger partial charge in [0.1, 0.15) is 5.82 Å². The standard InChI is InChI=1S/C23H20FN3O5/c24-18-4-2-1-3-16(18)12-25(21(28)13-7-9-17(10-8-13)27(31)32)26-22(29)19-14-5-6-15(11-14)20(19)23(26)30/h1-4,7-10,14-15,19-20H,5-6,11-12H2/t14-,15-,19-,20+/m0/s1. The van der Waals surface area contributed by atoms with Crippen LogP contribution in [0.4, 0.5) is 10.1 Å². The molecular formula is C23H20FN3O5. The van der Waals surface area contributed by atoms with Crippen LogP contribution in [0.25, 0.3) is 0 Å². The van der Waals surface area contributed by atoms with Crippen molar-refractivity contribution in [1.29, 1.82) is 0 Å². The summed E-state index contributed by atoms with van der Waals surface area (Å²) in [6.07, 6.45) is 2.63. The van der Waals surface area contributed by atoms with Crippen LogP contribution in [0.1, 0.15) is 35.2 Å². The predicted molar refractivity (Wildman–Crippen MR) is 109 cm³/mol. The highest BCUT2D eigenvalue weighted by molar-refractivity contribution is 6.08. The first kappa shape index (κ1) is 20.3. The Morgan fingerprint density at radius 3 is 2.19 bits per heavy atom. The second kappa shape index (κ2) is 7.51. The molecule has 0 aromatic heterocycles. The first-order valence-electron chi connectivity index (χ1n) is 10.5. The largest absolute Gasteiger partial charge is 0.273 e. The van der Waals surface area contributed by atoms with E-state index in [9.17, 15) is 28.9 Å². The third kappa shape index (κ3) is 3.07. The average Bonchev–Trinajstić information content (AvgIpc) is 3.47. The van der Waals surface area contributed by atoms with Gasteiger partial charge in [0, 0.05) is 23.3 Å². The van der Waals surface area contributed by atoms with Gasteiger partial charge in [-0.3, -0.25) is 24.5 Å². The monoisotopic (exact) mass is 437 g/mol. The summed E-state index contributed by atoms with van der Waals surface area (Å²) in [5.41, 5.74) is 0.0256. The van der Waals surface area contributed by atoms with Crippen LogP contribution in [-0.2, 0) is 16.1 Å². The van der Waals surface area contributed by atoms with Gasteiger partial charge in [-0.15, -0.1) is 0 Å². The molecule has 0 N–H and O–H groups in total. The molecule has 3 amide bonds. The van der Waals surface area contributed by atoms with Gasteiger partial charge in [0.15, 0.2) is 0 Å². The third-order valence-electron chi connectivity index (χ3n) is 6.98. The maximum Gasteiger partial charge on any atom is 0.273 e. The number of hydrogen-bond acceptors (Lipinski definition) is 5. The average molecular weight is 437 g/mol. The molecule has 9 heteroatoms. The van der Waals surface area contributed by atoms with Crippen LogP contribution >= 0.6 is 0 Å². The fourth-order valence-corrected chi connectivity index (χ4v) is 5.53. The lowest BCUT2D eigenvalue weighted by Gasteiger charge is -2.31. The molecule has 32 heavy (non-hydrogen) atoms. The van der Waals surface area contributed by atoms with E-state index in [-0.39, 0.29) is 35.2 Å². The molecule has 8 nitrogen and oxygen atoms in total. The molecule has 3 fully saturated rings. The second-order valence-corrected chi connectivity index (χ2v) is 8.63. The number of nitro groups is 1. The topological polar surface area (TPSA) is 101 Å². The van der Waals surface area contributed by atoms with Crippen molar-refractivity contribution in [1.82, 2.24) is 10.0 Å². The Bertz CT molecular complexity index is 1110. The molecule has 0 radical (unpaired) electrons. The zero-order valence-electron chi connectivity index (χ0n) is 17.0. The van der Waals surface area contributed by atoms with Crippen molar-refractivity contribution in [3.63, 3.8) is 0 Å². The number of carbonyl (C=O) groups is 3. The minimum Gasteiger partial charge on any atom is -0.272 e. The van der Waals surface area contributed by atoms with Gasteiger partial charge in [-0.05, 0) is 49.3 Å². The minimum atomic E-state index is -0.697. The number of rotatable bonds is 5. The molecule has 5 rings (SSSR count). The highest BCUT2D eigenvalue weighted by atomic mass is 19.1. The summed E-state index contributed by atoms with van der Waals surface area (Å²) in [5.74, 6) is -2.70. The van der Waals surface area contributed by atoms with E-state index in [1.54, 1.807) is 6.07 Å². The molecule has 164 valence electrons. The van der Waals surface area contributed by atoms with Gasteiger partial charge in [-0.2, -0.15) is 5.01 Å². The van der Waals surface area contributed by atoms with Crippen LogP contribution in [-0.4, -0.2) is 32.7 Å². The van der Waals surface area contributed by atoms with E-state index in [0.29, 0.717) is 0 Å². The van der Waals surface area contributed by atoms with Crippen LogP contribution in [0.3, 0.4) is 0 Å². The molecule has 2 aliphatic carbocycles. The fourth-order valence-electron chi connectivity index (χ4n) is 5.53. The van der Waals surface area contributed by atoms with Crippen molar-refractivity contribution in [2.45, 2.75) is 25.8 Å². The number of benzene rings is 2. The Hall–Kier alpha value is -3.62. The highest BCUT2D eigenvalue weighted by Gasteiger charge is 2.62. The maximum atomic E-state index is 14.4. The lowest BCUT2D eigenvalue weighted by molar-refractivity contribution is -0.384. The minimum absolute atomic E-state index is 0.0626. The molecule has 0 unspecified atom stereocenters. The van der Waals surface area contributed by atoms with Crippen molar-refractivity contribution < 1.29 is 23.7 Å². The van der Waals surface area contributed by atoms with Gasteiger partial charge in [-0.1, -0.05) is 18.2 Å². The summed E-state index contributed by atoms with van der Waals surface area (Å²) in [4.78, 5) is 50.4. The van der Waals surface area contributed by atoms with Crippen LogP contribution in [0, 0.1) is 39.6 Å². The van der Waals surface area contributed by atoms with Crippen LogP contribution in [0.2, 0.25) is 0 Å². The number of hydrazine groups is 1. The number of hydrogen-bond donors (Lipinski definition) is 0. The zero-order chi connectivity index (χ0) is 22.6. The van der Waals surface area contributed by atoms with E-state index in [1.165, 1.54) is 42.5 Å². The van der Waals surface area contributed by atoms with Crippen molar-refractivity contribution in [2.75, 3.05) is 0 Å². The van der Waals surface area contributed by atoms with Gasteiger partial charge in [0.25, 0.3) is 23.4 Å². The zero-order valence-corrected chi connectivity index (χ0v) is 17.0. The van der Waals surface area contributed by atoms with E-state index < -0.39 is 40.3 Å². The summed E-state index contributed by atoms with van der Waals surface area (Å²) in [6.45, 7) is -0.311. The Labute approximate surface area is 182 Å². The third-order valence-corrected chi connectivity index (χ3v) is 6.98. The van der Waals surface area contributed by atoms with Crippen molar-refractivity contribution in [2.24, 2.45) is 23.7 Å². The van der Waals surface area contributed by atoms with E-state index >= 15 is 0 Å². The Balaban J connectivity index is 1.52. The molecule has 0 spiro atoms. The van der Waals surface area contributed by atoms with Gasteiger partial charge in [-0.25, -0.2) is 9.40 Å². The van der Waals surface area contributed by atoms with Gasteiger partial charge >= 0.3 is 0 Å². The molecule has 2 aromatic carbocycles. The molecule has 3 aliphatic rings. The van der Waals surface area contributed by atoms with E-state index in [1.807, 2.05) is 0 Å². The summed E-state index contributed by atoms with van der Waals surface area (Å²) in [7, 11) is 0. The normalized spacial score (nSPS) is 25.8. The van der Waals surface area contributed by atoms with E-state index in [0.717, 1.165) is 29.3 Å². The SMILES string of the molecule is O=C(c1ccc([N+](=O)[O-])cc1)N(Cc1ccccc1F)N1C(=O)[C@@H]2[C@H]3CC[C@@H](C3)[C@@H]2C1=O. The molecule has 1 saturated heterocycles. The van der Waals surface area contributed by atoms with Crippen molar-refractivity contribution >= 4 is 23.4 Å². The van der Waals surface area contributed by atoms with E-state index in [2.05, 4.69) is 0 Å². The number of amides is 3. The first-order chi connectivity index (χ1) is 15.4. The number of nitro benzene ring substituents is 1. The molecular weight excluding hydrogens is 417 g/mol. The number of non-ortho nitro benzene ring substituents is 1. The molecule has 2 bridgehead atoms. The quantitative estimate of drug-likeness (QED) is 0.406. The Morgan fingerprint density at radius 2 is 1.62 bits per heavy atom. The molecule has 2 saturated carbocycles. The number of fused-ring (bicyclic) bond motifs is 5. The van der Waals surface area contributed by atoms with Gasteiger partial charge in [0.05, 0.1) is 23.3 Å². The Kier molecular flexibility index (Phi) is 4.76. The smallest absolute Gasteiger partial charge is 0.272 e. The molecule has 1 aliphatic heterocycles. The number of carbonyl (C=O) groups excluding carboxylic acids is 3. The fraction of sp³-hybridized carbons (Fsp3) is 0.348. The van der Waals surface area contributed by atoms with Crippen molar-refractivity contribution in [3.05, 3.63) is 75.6 Å². The summed E-state index contributed by atoms with van der Waals surface area (Å²) in [5, 5.41) is 12.8. The lowest BCUT2D eigenvalue weighted by atomic mass is 9.81. The predicted octanol–water partition coefficient (Wildman–Crippen LogP) is 3.32. The highest BCUT2D eigenvalue weighted by Crippen LogP contribution is 2.56. The molecule has 2 aromatic rings. The summed E-state index contributed by atoms with van der Waals surface area (Å²) < 4.78 is 14.4. The first-order valence-corrected chi connectivity index (χ1v) is 10.5.